The van der Waals surface area contributed by atoms with Crippen molar-refractivity contribution < 1.29 is 23.4 Å². The Labute approximate surface area is 130 Å². The van der Waals surface area contributed by atoms with Crippen molar-refractivity contribution in [2.45, 2.75) is 37.9 Å². The predicted octanol–water partition coefficient (Wildman–Crippen LogP) is 3.84. The molecule has 1 unspecified atom stereocenters. The summed E-state index contributed by atoms with van der Waals surface area (Å²) in [7, 11) is 0. The molecule has 0 aliphatic carbocycles. The zero-order valence-corrected chi connectivity index (χ0v) is 13.2. The number of benzene rings is 1. The topological polar surface area (TPSA) is 46.5 Å². The highest BCUT2D eigenvalue weighted by molar-refractivity contribution is 9.09. The van der Waals surface area contributed by atoms with Crippen LogP contribution in [0.5, 0.6) is 0 Å². The zero-order chi connectivity index (χ0) is 15.6. The summed E-state index contributed by atoms with van der Waals surface area (Å²) in [5.41, 5.74) is -0.869. The maximum Gasteiger partial charge on any atom is 0.309 e. The van der Waals surface area contributed by atoms with E-state index in [1.165, 1.54) is 6.07 Å². The Balaban J connectivity index is 2.40. The molecule has 0 aromatic heterocycles. The zero-order valence-electron chi connectivity index (χ0n) is 11.6. The molecule has 3 nitrogen and oxygen atoms in total. The molecule has 1 fully saturated rings. The first kappa shape index (κ1) is 16.4. The molecule has 116 valence electrons. The number of ether oxygens (including phenoxy) is 1. The molecule has 0 bridgehead atoms. The lowest BCUT2D eigenvalue weighted by Crippen LogP contribution is -2.29. The lowest BCUT2D eigenvalue weighted by atomic mass is 9.86. The summed E-state index contributed by atoms with van der Waals surface area (Å²) in [5.74, 6) is -3.01. The molecule has 1 aromatic rings. The second-order valence-electron chi connectivity index (χ2n) is 5.35. The third-order valence-corrected chi connectivity index (χ3v) is 4.81. The number of carboxylic acids is 1. The smallest absolute Gasteiger partial charge is 0.309 e. The first-order valence-electron chi connectivity index (χ1n) is 6.85. The van der Waals surface area contributed by atoms with Gasteiger partial charge >= 0.3 is 5.97 Å². The molecular weight excluding hydrogens is 346 g/mol. The maximum absolute atomic E-state index is 14.1. The number of carboxylic acid groups (broad SMARTS) is 1. The van der Waals surface area contributed by atoms with Gasteiger partial charge in [0.25, 0.3) is 0 Å². The molecule has 0 radical (unpaired) electrons. The van der Waals surface area contributed by atoms with Gasteiger partial charge in [0.15, 0.2) is 0 Å². The van der Waals surface area contributed by atoms with Crippen LogP contribution in [-0.4, -0.2) is 22.5 Å². The summed E-state index contributed by atoms with van der Waals surface area (Å²) >= 11 is 3.30. The van der Waals surface area contributed by atoms with E-state index in [0.29, 0.717) is 6.42 Å². The molecule has 3 atom stereocenters. The van der Waals surface area contributed by atoms with Gasteiger partial charge in [-0.3, -0.25) is 4.79 Å². The highest BCUT2D eigenvalue weighted by Gasteiger charge is 2.50. The monoisotopic (exact) mass is 362 g/mol. The normalized spacial score (nSPS) is 28.8. The quantitative estimate of drug-likeness (QED) is 0.809. The molecule has 1 aromatic carbocycles. The van der Waals surface area contributed by atoms with Crippen LogP contribution in [-0.2, 0) is 15.1 Å². The summed E-state index contributed by atoms with van der Waals surface area (Å²) in [6.45, 7) is 1.94. The van der Waals surface area contributed by atoms with Crippen LogP contribution in [0.1, 0.15) is 31.7 Å². The molecular formula is C15H17BrF2O3. The van der Waals surface area contributed by atoms with Crippen LogP contribution >= 0.6 is 15.9 Å². The van der Waals surface area contributed by atoms with Crippen molar-refractivity contribution in [2.24, 2.45) is 5.92 Å². The van der Waals surface area contributed by atoms with Crippen LogP contribution < -0.4 is 0 Å². The van der Waals surface area contributed by atoms with E-state index in [4.69, 9.17) is 4.74 Å². The highest BCUT2D eigenvalue weighted by atomic mass is 79.9. The molecule has 6 heteroatoms. The largest absolute Gasteiger partial charge is 0.481 e. The Kier molecular flexibility index (Phi) is 4.99. The number of rotatable bonds is 5. The van der Waals surface area contributed by atoms with Gasteiger partial charge in [-0.2, -0.15) is 0 Å². The second-order valence-corrected chi connectivity index (χ2v) is 5.91. The number of aliphatic carboxylic acids is 1. The molecule has 2 rings (SSSR count). The third-order valence-electron chi connectivity index (χ3n) is 3.90. The maximum atomic E-state index is 14.1. The van der Waals surface area contributed by atoms with Gasteiger partial charge in [-0.1, -0.05) is 35.3 Å². The SMILES string of the molecule is CCCC1O[C@@](CBr)(c2ccc(F)cc2F)C[C@@H]1C(=O)O. The van der Waals surface area contributed by atoms with Crippen LogP contribution in [0.15, 0.2) is 18.2 Å². The van der Waals surface area contributed by atoms with Crippen molar-refractivity contribution >= 4 is 21.9 Å². The van der Waals surface area contributed by atoms with Gasteiger partial charge in [0.05, 0.1) is 12.0 Å². The Morgan fingerprint density at radius 1 is 1.52 bits per heavy atom. The van der Waals surface area contributed by atoms with Crippen molar-refractivity contribution in [1.82, 2.24) is 0 Å². The minimum atomic E-state index is -1.07. The van der Waals surface area contributed by atoms with Crippen LogP contribution in [0.3, 0.4) is 0 Å². The molecule has 1 aliphatic heterocycles. The summed E-state index contributed by atoms with van der Waals surface area (Å²) in [6.07, 6.45) is 1.07. The Hall–Kier alpha value is -1.01. The van der Waals surface area contributed by atoms with E-state index in [9.17, 15) is 18.7 Å². The van der Waals surface area contributed by atoms with E-state index in [0.717, 1.165) is 18.6 Å². The molecule has 1 aliphatic rings. The van der Waals surface area contributed by atoms with Crippen LogP contribution in [0.2, 0.25) is 0 Å². The summed E-state index contributed by atoms with van der Waals surface area (Å²) in [6, 6.07) is 3.29. The minimum Gasteiger partial charge on any atom is -0.481 e. The standard InChI is InChI=1S/C15H17BrF2O3/c1-2-3-13-10(14(19)20)7-15(8-16,21-13)11-5-4-9(17)6-12(11)18/h4-6,10,13H,2-3,7-8H2,1H3,(H,19,20)/t10-,13?,15-/m0/s1. The van der Waals surface area contributed by atoms with Gasteiger partial charge in [-0.15, -0.1) is 0 Å². The Morgan fingerprint density at radius 2 is 2.24 bits per heavy atom. The molecule has 0 saturated carbocycles. The van der Waals surface area contributed by atoms with Gasteiger partial charge in [-0.25, -0.2) is 8.78 Å². The van der Waals surface area contributed by atoms with E-state index >= 15 is 0 Å². The summed E-state index contributed by atoms with van der Waals surface area (Å²) in [4.78, 5) is 11.4. The first-order valence-corrected chi connectivity index (χ1v) is 7.98. The van der Waals surface area contributed by atoms with E-state index < -0.39 is 35.2 Å². The van der Waals surface area contributed by atoms with E-state index in [-0.39, 0.29) is 17.3 Å². The van der Waals surface area contributed by atoms with E-state index in [1.54, 1.807) is 0 Å². The molecule has 1 N–H and O–H groups in total. The van der Waals surface area contributed by atoms with Gasteiger partial charge in [0.1, 0.15) is 17.2 Å². The van der Waals surface area contributed by atoms with Gasteiger partial charge < -0.3 is 9.84 Å². The average molecular weight is 363 g/mol. The number of alkyl halides is 1. The summed E-state index contributed by atoms with van der Waals surface area (Å²) in [5, 5.41) is 9.61. The Morgan fingerprint density at radius 3 is 2.76 bits per heavy atom. The third kappa shape index (κ3) is 3.11. The van der Waals surface area contributed by atoms with Crippen molar-refractivity contribution in [3.05, 3.63) is 35.4 Å². The van der Waals surface area contributed by atoms with Crippen molar-refractivity contribution in [3.8, 4) is 0 Å². The lowest BCUT2D eigenvalue weighted by Gasteiger charge is -2.28. The molecule has 0 amide bonds. The average Bonchev–Trinajstić information content (AvgIpc) is 2.79. The molecule has 21 heavy (non-hydrogen) atoms. The van der Waals surface area contributed by atoms with Crippen LogP contribution in [0, 0.1) is 17.6 Å². The van der Waals surface area contributed by atoms with Crippen molar-refractivity contribution in [2.75, 3.05) is 5.33 Å². The predicted molar refractivity (Wildman–Crippen MR) is 77.4 cm³/mol. The van der Waals surface area contributed by atoms with Gasteiger partial charge in [-0.05, 0) is 18.9 Å². The van der Waals surface area contributed by atoms with E-state index in [1.807, 2.05) is 6.92 Å². The second kappa shape index (κ2) is 6.40. The fourth-order valence-electron chi connectivity index (χ4n) is 2.89. The minimum absolute atomic E-state index is 0.167. The number of halogens is 3. The van der Waals surface area contributed by atoms with Gasteiger partial charge in [0, 0.05) is 17.0 Å². The fourth-order valence-corrected chi connectivity index (χ4v) is 3.55. The van der Waals surface area contributed by atoms with Crippen LogP contribution in [0.25, 0.3) is 0 Å². The molecule has 1 heterocycles. The van der Waals surface area contributed by atoms with E-state index in [2.05, 4.69) is 15.9 Å². The molecule has 0 spiro atoms. The number of carbonyl (C=O) groups is 1. The molecule has 1 saturated heterocycles. The Bertz CT molecular complexity index is 538. The fraction of sp³-hybridized carbons (Fsp3) is 0.533. The summed E-state index contributed by atoms with van der Waals surface area (Å²) < 4.78 is 33.1. The highest BCUT2D eigenvalue weighted by Crippen LogP contribution is 2.46. The number of hydrogen-bond donors (Lipinski definition) is 1. The first-order chi connectivity index (χ1) is 9.93. The van der Waals surface area contributed by atoms with Gasteiger partial charge in [0.2, 0.25) is 0 Å². The van der Waals surface area contributed by atoms with Crippen LogP contribution in [0.4, 0.5) is 8.78 Å². The lowest BCUT2D eigenvalue weighted by molar-refractivity contribution is -0.143. The van der Waals surface area contributed by atoms with Crippen molar-refractivity contribution in [3.63, 3.8) is 0 Å². The van der Waals surface area contributed by atoms with Crippen molar-refractivity contribution in [1.29, 1.82) is 0 Å². The number of hydrogen-bond acceptors (Lipinski definition) is 2.